The van der Waals surface area contributed by atoms with Crippen LogP contribution in [-0.2, 0) is 30.9 Å². The lowest BCUT2D eigenvalue weighted by molar-refractivity contribution is -0.130. The van der Waals surface area contributed by atoms with Gasteiger partial charge in [-0.3, -0.25) is 4.90 Å². The molecule has 1 aliphatic rings. The molecule has 10 heteroatoms. The average molecular weight is 740 g/mol. The second-order valence-corrected chi connectivity index (χ2v) is 39.7. The molecular formula is C38H77NO5Si4. The van der Waals surface area contributed by atoms with Crippen LogP contribution in [0.15, 0.2) is 24.3 Å². The van der Waals surface area contributed by atoms with Crippen LogP contribution in [0, 0.1) is 0 Å². The summed E-state index contributed by atoms with van der Waals surface area (Å²) in [6.07, 6.45) is -0.573. The fourth-order valence-electron chi connectivity index (χ4n) is 4.97. The lowest BCUT2D eigenvalue weighted by Gasteiger charge is -2.56. The van der Waals surface area contributed by atoms with Crippen LogP contribution in [0.25, 0.3) is 0 Å². The molecule has 0 aromatic heterocycles. The Labute approximate surface area is 301 Å². The fourth-order valence-corrected chi connectivity index (χ4v) is 9.95. The van der Waals surface area contributed by atoms with Gasteiger partial charge in [0.15, 0.2) is 33.3 Å². The monoisotopic (exact) mass is 739 g/mol. The topological polar surface area (TPSA) is 60.4 Å². The molecule has 0 radical (unpaired) electrons. The lowest BCUT2D eigenvalue weighted by Crippen LogP contribution is -2.70. The van der Waals surface area contributed by atoms with Gasteiger partial charge in [-0.2, -0.15) is 0 Å². The Kier molecular flexibility index (Phi) is 13.8. The zero-order valence-electron chi connectivity index (χ0n) is 35.0. The highest BCUT2D eigenvalue weighted by molar-refractivity contribution is 6.75. The molecular weight excluding hydrogens is 663 g/mol. The molecule has 1 heterocycles. The van der Waals surface area contributed by atoms with Crippen molar-refractivity contribution in [3.8, 4) is 0 Å². The highest BCUT2D eigenvalue weighted by Crippen LogP contribution is 2.46. The Morgan fingerprint density at radius 3 is 1.35 bits per heavy atom. The number of rotatable bonds is 12. The van der Waals surface area contributed by atoms with Crippen molar-refractivity contribution in [3.05, 3.63) is 35.4 Å². The molecule has 280 valence electrons. The molecule has 2 rings (SSSR count). The number of aliphatic hydroxyl groups excluding tert-OH is 1. The molecule has 0 aliphatic carbocycles. The summed E-state index contributed by atoms with van der Waals surface area (Å²) in [4.78, 5) is 2.59. The smallest absolute Gasteiger partial charge is 0.192 e. The summed E-state index contributed by atoms with van der Waals surface area (Å²) in [6, 6.07) is 8.37. The van der Waals surface area contributed by atoms with E-state index in [9.17, 15) is 5.11 Å². The molecule has 6 nitrogen and oxygen atoms in total. The van der Waals surface area contributed by atoms with Crippen molar-refractivity contribution in [1.82, 2.24) is 4.90 Å². The summed E-state index contributed by atoms with van der Waals surface area (Å²) in [5.41, 5.74) is 2.14. The maximum absolute atomic E-state index is 9.74. The van der Waals surface area contributed by atoms with Crippen LogP contribution in [-0.4, -0.2) is 80.8 Å². The minimum atomic E-state index is -2.28. The molecule has 1 N–H and O–H groups in total. The van der Waals surface area contributed by atoms with E-state index < -0.39 is 33.3 Å². The van der Waals surface area contributed by atoms with Crippen LogP contribution in [0.5, 0.6) is 0 Å². The average Bonchev–Trinajstić information content (AvgIpc) is 2.87. The van der Waals surface area contributed by atoms with Crippen LogP contribution in [0.3, 0.4) is 0 Å². The van der Waals surface area contributed by atoms with Gasteiger partial charge >= 0.3 is 0 Å². The minimum absolute atomic E-state index is 0.0141. The van der Waals surface area contributed by atoms with Gasteiger partial charge in [0.1, 0.15) is 0 Å². The number of benzene rings is 1. The van der Waals surface area contributed by atoms with Gasteiger partial charge in [0.05, 0.1) is 37.6 Å². The van der Waals surface area contributed by atoms with Gasteiger partial charge in [0.2, 0.25) is 0 Å². The predicted molar refractivity (Wildman–Crippen MR) is 216 cm³/mol. The second kappa shape index (κ2) is 15.1. The first-order valence-corrected chi connectivity index (χ1v) is 30.0. The van der Waals surface area contributed by atoms with Crippen molar-refractivity contribution >= 4 is 33.3 Å². The van der Waals surface area contributed by atoms with Gasteiger partial charge in [0, 0.05) is 13.1 Å². The van der Waals surface area contributed by atoms with E-state index in [4.69, 9.17) is 17.7 Å². The predicted octanol–water partition coefficient (Wildman–Crippen LogP) is 10.6. The molecule has 1 fully saturated rings. The Hall–Kier alpha value is -0.152. The number of hydrogen-bond donors (Lipinski definition) is 1. The molecule has 0 amide bonds. The van der Waals surface area contributed by atoms with Crippen molar-refractivity contribution in [1.29, 1.82) is 0 Å². The van der Waals surface area contributed by atoms with E-state index in [2.05, 4.69) is 152 Å². The maximum atomic E-state index is 9.74. The molecule has 1 aliphatic heterocycles. The lowest BCUT2D eigenvalue weighted by atomic mass is 9.93. The minimum Gasteiger partial charge on any atom is -0.415 e. The molecule has 4 unspecified atom stereocenters. The normalized spacial score (nSPS) is 23.1. The third-order valence-corrected chi connectivity index (χ3v) is 30.6. The molecule has 0 spiro atoms. The van der Waals surface area contributed by atoms with E-state index in [0.29, 0.717) is 6.61 Å². The number of hydrogen-bond acceptors (Lipinski definition) is 6. The quantitative estimate of drug-likeness (QED) is 0.215. The van der Waals surface area contributed by atoms with Gasteiger partial charge in [-0.15, -0.1) is 0 Å². The fraction of sp³-hybridized carbons (Fsp3) is 0.842. The van der Waals surface area contributed by atoms with Gasteiger partial charge in [-0.1, -0.05) is 107 Å². The summed E-state index contributed by atoms with van der Waals surface area (Å²) in [6.45, 7) is 49.0. The first-order chi connectivity index (χ1) is 21.3. The van der Waals surface area contributed by atoms with E-state index in [0.717, 1.165) is 18.7 Å². The van der Waals surface area contributed by atoms with Gasteiger partial charge in [0.25, 0.3) is 0 Å². The Balaban J connectivity index is 2.87. The van der Waals surface area contributed by atoms with E-state index in [-0.39, 0.29) is 51.1 Å². The summed E-state index contributed by atoms with van der Waals surface area (Å²) in [7, 11) is -8.80. The number of likely N-dealkylation sites (tertiary alicyclic amines) is 1. The Morgan fingerprint density at radius 2 is 0.958 bits per heavy atom. The highest BCUT2D eigenvalue weighted by atomic mass is 28.4. The van der Waals surface area contributed by atoms with Crippen molar-refractivity contribution < 1.29 is 22.8 Å². The van der Waals surface area contributed by atoms with E-state index in [1.54, 1.807) is 0 Å². The van der Waals surface area contributed by atoms with Crippen LogP contribution < -0.4 is 0 Å². The Bertz CT molecular complexity index is 1170. The van der Waals surface area contributed by atoms with Crippen molar-refractivity contribution in [3.63, 3.8) is 0 Å². The highest BCUT2D eigenvalue weighted by Gasteiger charge is 2.55. The standard InChI is InChI=1S/C38H77NO5Si4/c1-35(2,3)45(13,14)41-28-31-33(43-47(17,18)37(7,8)9)34(44-48(19,20)38(10,11)12)32(42-46(15,16)36(4,5)6)26-39(31)25-29-21-23-30(27-40)24-22-29/h21-24,31-34,40H,25-28H2,1-20H3. The summed E-state index contributed by atoms with van der Waals surface area (Å²) < 4.78 is 29.8. The zero-order chi connectivity index (χ0) is 37.5. The zero-order valence-corrected chi connectivity index (χ0v) is 39.0. The second-order valence-electron chi connectivity index (χ2n) is 20.6. The van der Waals surface area contributed by atoms with Gasteiger partial charge in [-0.05, 0) is 83.7 Å². The van der Waals surface area contributed by atoms with Gasteiger partial charge < -0.3 is 22.8 Å². The van der Waals surface area contributed by atoms with Crippen LogP contribution in [0.4, 0.5) is 0 Å². The molecule has 4 atom stereocenters. The van der Waals surface area contributed by atoms with E-state index in [1.807, 2.05) is 12.1 Å². The number of nitrogens with zero attached hydrogens (tertiary/aromatic N) is 1. The van der Waals surface area contributed by atoms with Crippen LogP contribution >= 0.6 is 0 Å². The maximum Gasteiger partial charge on any atom is 0.192 e. The third-order valence-electron chi connectivity index (χ3n) is 12.7. The Morgan fingerprint density at radius 1 is 0.583 bits per heavy atom. The van der Waals surface area contributed by atoms with Crippen molar-refractivity contribution in [2.45, 2.75) is 193 Å². The van der Waals surface area contributed by atoms with Crippen LogP contribution in [0.1, 0.15) is 94.2 Å². The van der Waals surface area contributed by atoms with Gasteiger partial charge in [-0.25, -0.2) is 0 Å². The van der Waals surface area contributed by atoms with E-state index in [1.165, 1.54) is 5.56 Å². The molecule has 0 bridgehead atoms. The molecule has 1 saturated heterocycles. The molecule has 1 aromatic carbocycles. The first kappa shape index (κ1) is 44.0. The molecule has 0 saturated carbocycles. The molecule has 1 aromatic rings. The largest absolute Gasteiger partial charge is 0.415 e. The third kappa shape index (κ3) is 10.7. The first-order valence-electron chi connectivity index (χ1n) is 18.4. The van der Waals surface area contributed by atoms with Crippen molar-refractivity contribution in [2.24, 2.45) is 0 Å². The number of piperidine rings is 1. The number of aliphatic hydroxyl groups is 1. The SMILES string of the molecule is CC(C)(C)[Si](C)(C)OCC1C(O[Si](C)(C)C(C)(C)C)C(O[Si](C)(C)C(C)(C)C)C(O[Si](C)(C)C(C)(C)C)CN1Cc1ccc(CO)cc1. The van der Waals surface area contributed by atoms with Crippen molar-refractivity contribution in [2.75, 3.05) is 13.2 Å². The van der Waals surface area contributed by atoms with E-state index >= 15 is 0 Å². The molecule has 48 heavy (non-hydrogen) atoms. The summed E-state index contributed by atoms with van der Waals surface area (Å²) in [5, 5.41) is 9.95. The van der Waals surface area contributed by atoms with Crippen LogP contribution in [0.2, 0.25) is 72.5 Å². The summed E-state index contributed by atoms with van der Waals surface area (Å²) >= 11 is 0. The summed E-state index contributed by atoms with van der Waals surface area (Å²) in [5.74, 6) is 0.